The molecule has 0 N–H and O–H groups in total. The van der Waals surface area contributed by atoms with Crippen molar-refractivity contribution in [2.24, 2.45) is 0 Å². The van der Waals surface area contributed by atoms with Crippen LogP contribution in [0.15, 0.2) is 47.2 Å². The number of hydrogen-bond donors (Lipinski definition) is 0. The van der Waals surface area contributed by atoms with Crippen LogP contribution >= 0.6 is 15.9 Å². The molecule has 3 nitrogen and oxygen atoms in total. The minimum absolute atomic E-state index is 0.0526. The van der Waals surface area contributed by atoms with Crippen molar-refractivity contribution in [2.45, 2.75) is 5.75 Å². The van der Waals surface area contributed by atoms with Gasteiger partial charge in [0, 0.05) is 28.2 Å². The van der Waals surface area contributed by atoms with Crippen LogP contribution in [0.3, 0.4) is 0 Å². The summed E-state index contributed by atoms with van der Waals surface area (Å²) in [6.07, 6.45) is 3.49. The highest BCUT2D eigenvalue weighted by molar-refractivity contribution is 9.10. The van der Waals surface area contributed by atoms with Gasteiger partial charge in [0.2, 0.25) is 0 Å². The second kappa shape index (κ2) is 5.53. The summed E-state index contributed by atoms with van der Waals surface area (Å²) in [5.41, 5.74) is 2.79. The lowest BCUT2D eigenvalue weighted by Crippen LogP contribution is -1.92. The van der Waals surface area contributed by atoms with E-state index < -0.39 is 11.1 Å². The Morgan fingerprint density at radius 3 is 2.47 bits per heavy atom. The Labute approximate surface area is 110 Å². The molecule has 0 aliphatic heterocycles. The first-order valence-electron chi connectivity index (χ1n) is 4.91. The standard InChI is InChI=1S/C12H10BrNO2S/c13-12-5-11(6-14-7-12)10-3-1-9(2-4-10)8-17(15)16/h1-7H,8H2,(H,15,16)/p-1. The summed E-state index contributed by atoms with van der Waals surface area (Å²) in [7, 11) is 0. The maximum Gasteiger partial charge on any atom is 0.0410 e. The van der Waals surface area contributed by atoms with Gasteiger partial charge >= 0.3 is 0 Å². The molecule has 1 aromatic carbocycles. The highest BCUT2D eigenvalue weighted by atomic mass is 79.9. The Hall–Kier alpha value is -1.04. The summed E-state index contributed by atoms with van der Waals surface area (Å²) in [6.45, 7) is 0. The predicted octanol–water partition coefficient (Wildman–Crippen LogP) is 2.89. The normalized spacial score (nSPS) is 12.4. The van der Waals surface area contributed by atoms with Crippen LogP contribution < -0.4 is 0 Å². The molecule has 0 saturated carbocycles. The summed E-state index contributed by atoms with van der Waals surface area (Å²) in [6, 6.07) is 9.38. The van der Waals surface area contributed by atoms with Crippen molar-refractivity contribution in [1.29, 1.82) is 0 Å². The van der Waals surface area contributed by atoms with Gasteiger partial charge in [-0.25, -0.2) is 0 Å². The summed E-state index contributed by atoms with van der Waals surface area (Å²) >= 11 is 1.32. The second-order valence-corrected chi connectivity index (χ2v) is 5.35. The zero-order chi connectivity index (χ0) is 12.3. The van der Waals surface area contributed by atoms with E-state index in [1.807, 2.05) is 30.3 Å². The molecule has 17 heavy (non-hydrogen) atoms. The van der Waals surface area contributed by atoms with Crippen LogP contribution in [0.2, 0.25) is 0 Å². The van der Waals surface area contributed by atoms with E-state index in [-0.39, 0.29) is 5.75 Å². The number of pyridine rings is 1. The third-order valence-corrected chi connectivity index (χ3v) is 3.28. The van der Waals surface area contributed by atoms with Gasteiger partial charge in [0.25, 0.3) is 0 Å². The lowest BCUT2D eigenvalue weighted by atomic mass is 10.1. The van der Waals surface area contributed by atoms with Gasteiger partial charge in [0.05, 0.1) is 0 Å². The molecule has 88 valence electrons. The van der Waals surface area contributed by atoms with Gasteiger partial charge in [0.1, 0.15) is 0 Å². The van der Waals surface area contributed by atoms with Gasteiger partial charge in [0.15, 0.2) is 0 Å². The number of hydrogen-bond acceptors (Lipinski definition) is 3. The first-order valence-corrected chi connectivity index (χ1v) is 6.94. The van der Waals surface area contributed by atoms with Gasteiger partial charge in [-0.3, -0.25) is 9.19 Å². The van der Waals surface area contributed by atoms with Gasteiger partial charge in [-0.05, 0) is 33.1 Å². The summed E-state index contributed by atoms with van der Waals surface area (Å²) in [4.78, 5) is 4.09. The Morgan fingerprint density at radius 1 is 1.18 bits per heavy atom. The van der Waals surface area contributed by atoms with Crippen molar-refractivity contribution in [2.75, 3.05) is 0 Å². The van der Waals surface area contributed by atoms with Crippen LogP contribution in [0.5, 0.6) is 0 Å². The largest absolute Gasteiger partial charge is 0.772 e. The van der Waals surface area contributed by atoms with Crippen molar-refractivity contribution in [3.8, 4) is 11.1 Å². The minimum atomic E-state index is -2.04. The molecule has 0 bridgehead atoms. The highest BCUT2D eigenvalue weighted by Gasteiger charge is 1.99. The van der Waals surface area contributed by atoms with Crippen LogP contribution in [0.25, 0.3) is 11.1 Å². The number of halogens is 1. The average molecular weight is 311 g/mol. The van der Waals surface area contributed by atoms with Gasteiger partial charge < -0.3 is 4.55 Å². The second-order valence-electron chi connectivity index (χ2n) is 3.54. The fourth-order valence-corrected chi connectivity index (χ4v) is 2.33. The zero-order valence-electron chi connectivity index (χ0n) is 8.80. The smallest absolute Gasteiger partial charge is 0.0410 e. The van der Waals surface area contributed by atoms with E-state index in [9.17, 15) is 8.76 Å². The van der Waals surface area contributed by atoms with E-state index in [4.69, 9.17) is 0 Å². The monoisotopic (exact) mass is 310 g/mol. The Balaban J connectivity index is 2.26. The maximum absolute atomic E-state index is 10.6. The third kappa shape index (κ3) is 3.46. The molecule has 0 spiro atoms. The van der Waals surface area contributed by atoms with E-state index in [1.54, 1.807) is 12.4 Å². The molecule has 1 aromatic heterocycles. The van der Waals surface area contributed by atoms with Crippen molar-refractivity contribution in [3.05, 3.63) is 52.8 Å². The summed E-state index contributed by atoms with van der Waals surface area (Å²) < 4.78 is 22.0. The van der Waals surface area contributed by atoms with Crippen molar-refractivity contribution in [3.63, 3.8) is 0 Å². The lowest BCUT2D eigenvalue weighted by molar-refractivity contribution is 0.536. The van der Waals surface area contributed by atoms with E-state index in [2.05, 4.69) is 20.9 Å². The molecule has 1 heterocycles. The van der Waals surface area contributed by atoms with E-state index in [0.717, 1.165) is 21.2 Å². The summed E-state index contributed by atoms with van der Waals surface area (Å²) in [5.74, 6) is 0.0526. The zero-order valence-corrected chi connectivity index (χ0v) is 11.2. The van der Waals surface area contributed by atoms with Gasteiger partial charge in [-0.1, -0.05) is 35.3 Å². The predicted molar refractivity (Wildman–Crippen MR) is 70.0 cm³/mol. The average Bonchev–Trinajstić information content (AvgIpc) is 2.29. The molecule has 5 heteroatoms. The van der Waals surface area contributed by atoms with Crippen molar-refractivity contribution < 1.29 is 8.76 Å². The molecule has 2 aromatic rings. The SMILES string of the molecule is O=S([O-])Cc1ccc(-c2cncc(Br)c2)cc1. The molecular weight excluding hydrogens is 302 g/mol. The van der Waals surface area contributed by atoms with E-state index in [1.165, 1.54) is 0 Å². The van der Waals surface area contributed by atoms with Crippen LogP contribution in [0.1, 0.15) is 5.56 Å². The van der Waals surface area contributed by atoms with Gasteiger partial charge in [-0.2, -0.15) is 0 Å². The van der Waals surface area contributed by atoms with Crippen LogP contribution in [-0.2, 0) is 16.8 Å². The van der Waals surface area contributed by atoms with Crippen molar-refractivity contribution >= 4 is 27.0 Å². The first kappa shape index (κ1) is 12.4. The maximum atomic E-state index is 10.6. The molecular formula is C12H9BrNO2S-. The number of benzene rings is 1. The molecule has 1 atom stereocenters. The Kier molecular flexibility index (Phi) is 4.04. The molecule has 0 aliphatic carbocycles. The third-order valence-electron chi connectivity index (χ3n) is 2.28. The highest BCUT2D eigenvalue weighted by Crippen LogP contribution is 2.22. The Morgan fingerprint density at radius 2 is 1.88 bits per heavy atom. The number of nitrogens with zero attached hydrogens (tertiary/aromatic N) is 1. The fourth-order valence-electron chi connectivity index (χ4n) is 1.50. The molecule has 0 radical (unpaired) electrons. The number of rotatable bonds is 3. The lowest BCUT2D eigenvalue weighted by Gasteiger charge is -2.06. The van der Waals surface area contributed by atoms with E-state index >= 15 is 0 Å². The summed E-state index contributed by atoms with van der Waals surface area (Å²) in [5, 5.41) is 0. The Bertz CT molecular complexity index is 542. The molecule has 0 saturated heterocycles. The fraction of sp³-hybridized carbons (Fsp3) is 0.0833. The van der Waals surface area contributed by atoms with Crippen LogP contribution in [0.4, 0.5) is 0 Å². The quantitative estimate of drug-likeness (QED) is 0.819. The van der Waals surface area contributed by atoms with Crippen LogP contribution in [0, 0.1) is 0 Å². The molecule has 1 unspecified atom stereocenters. The molecule has 0 fully saturated rings. The van der Waals surface area contributed by atoms with Crippen LogP contribution in [-0.4, -0.2) is 13.7 Å². The molecule has 2 rings (SSSR count). The van der Waals surface area contributed by atoms with E-state index in [0.29, 0.717) is 0 Å². The first-order chi connectivity index (χ1) is 8.15. The molecule has 0 aliphatic rings. The molecule has 0 amide bonds. The van der Waals surface area contributed by atoms with Gasteiger partial charge in [-0.15, -0.1) is 0 Å². The topological polar surface area (TPSA) is 53.0 Å². The van der Waals surface area contributed by atoms with Crippen molar-refractivity contribution in [1.82, 2.24) is 4.98 Å². The number of aromatic nitrogens is 1. The minimum Gasteiger partial charge on any atom is -0.772 e.